The van der Waals surface area contributed by atoms with Crippen LogP contribution in [-0.4, -0.2) is 11.5 Å². The fraction of sp³-hybridized carbons (Fsp3) is 0.231. The molecule has 6 heteroatoms. The molecular formula is C13H12BrN3O2. The number of benzene rings is 1. The fourth-order valence-corrected chi connectivity index (χ4v) is 1.72. The minimum Gasteiger partial charge on any atom is -0.484 e. The fourth-order valence-electron chi connectivity index (χ4n) is 1.46. The zero-order chi connectivity index (χ0) is 13.7. The van der Waals surface area contributed by atoms with Crippen LogP contribution in [0.1, 0.15) is 18.5 Å². The maximum absolute atomic E-state index is 8.92. The lowest BCUT2D eigenvalue weighted by molar-refractivity contribution is 0.265. The molecule has 1 N–H and O–H groups in total. The van der Waals surface area contributed by atoms with Gasteiger partial charge in [0.15, 0.2) is 6.61 Å². The molecule has 1 aromatic carbocycles. The van der Waals surface area contributed by atoms with Gasteiger partial charge in [0, 0.05) is 11.0 Å². The molecule has 0 radical (unpaired) electrons. The maximum Gasteiger partial charge on any atom is 0.236 e. The van der Waals surface area contributed by atoms with Crippen LogP contribution >= 0.6 is 15.9 Å². The van der Waals surface area contributed by atoms with Crippen molar-refractivity contribution in [1.29, 1.82) is 5.26 Å². The largest absolute Gasteiger partial charge is 0.484 e. The van der Waals surface area contributed by atoms with E-state index < -0.39 is 0 Å². The Morgan fingerprint density at radius 3 is 2.79 bits per heavy atom. The summed E-state index contributed by atoms with van der Waals surface area (Å²) in [4.78, 5) is 4.06. The first-order chi connectivity index (χ1) is 9.22. The van der Waals surface area contributed by atoms with Gasteiger partial charge in [-0.3, -0.25) is 0 Å². The van der Waals surface area contributed by atoms with Crippen LogP contribution in [0.2, 0.25) is 0 Å². The Labute approximate surface area is 119 Å². The monoisotopic (exact) mass is 321 g/mol. The van der Waals surface area contributed by atoms with Crippen LogP contribution in [0.3, 0.4) is 0 Å². The number of halogens is 1. The Bertz CT molecular complexity index is 587. The van der Waals surface area contributed by atoms with E-state index >= 15 is 0 Å². The molecule has 2 rings (SSSR count). The molecule has 0 aliphatic rings. The molecule has 5 nitrogen and oxygen atoms in total. The normalized spacial score (nSPS) is 9.95. The van der Waals surface area contributed by atoms with Gasteiger partial charge in [0.05, 0.1) is 0 Å². The number of hydrogen-bond acceptors (Lipinski definition) is 5. The van der Waals surface area contributed by atoms with Gasteiger partial charge in [-0.05, 0) is 31.2 Å². The van der Waals surface area contributed by atoms with E-state index in [-0.39, 0.29) is 12.3 Å². The Morgan fingerprint density at radius 1 is 1.42 bits per heavy atom. The summed E-state index contributed by atoms with van der Waals surface area (Å²) >= 11 is 3.35. The third-order valence-corrected chi connectivity index (χ3v) is 2.82. The Morgan fingerprint density at radius 2 is 2.16 bits per heavy atom. The zero-order valence-corrected chi connectivity index (χ0v) is 11.9. The van der Waals surface area contributed by atoms with Crippen LogP contribution in [-0.2, 0) is 6.61 Å². The molecule has 2 aromatic rings. The van der Waals surface area contributed by atoms with E-state index in [1.54, 1.807) is 0 Å². The lowest BCUT2D eigenvalue weighted by atomic mass is 10.3. The topological polar surface area (TPSA) is 71.1 Å². The number of hydrogen-bond donors (Lipinski definition) is 1. The zero-order valence-electron chi connectivity index (χ0n) is 10.3. The number of oxazole rings is 1. The Kier molecular flexibility index (Phi) is 4.42. The van der Waals surface area contributed by atoms with Crippen LogP contribution in [0.5, 0.6) is 5.75 Å². The molecule has 0 saturated carbocycles. The SMILES string of the molecule is CCNc1oc(COc2ccc(Br)cc2)nc1C#N. The first kappa shape index (κ1) is 13.4. The highest BCUT2D eigenvalue weighted by Gasteiger charge is 2.12. The average Bonchev–Trinajstić information content (AvgIpc) is 2.81. The summed E-state index contributed by atoms with van der Waals surface area (Å²) in [5.41, 5.74) is 0.247. The van der Waals surface area contributed by atoms with E-state index in [9.17, 15) is 0 Å². The number of nitrogens with zero attached hydrogens (tertiary/aromatic N) is 2. The molecule has 0 fully saturated rings. The van der Waals surface area contributed by atoms with E-state index in [2.05, 4.69) is 26.2 Å². The summed E-state index contributed by atoms with van der Waals surface area (Å²) in [6.07, 6.45) is 0. The standard InChI is InChI=1S/C13H12BrN3O2/c1-2-16-13-11(7-15)17-12(19-13)8-18-10-5-3-9(14)4-6-10/h3-6,16H,2,8H2,1H3. The molecule has 98 valence electrons. The molecule has 0 bridgehead atoms. The van der Waals surface area contributed by atoms with E-state index in [4.69, 9.17) is 14.4 Å². The van der Waals surface area contributed by atoms with E-state index in [1.807, 2.05) is 37.3 Å². The quantitative estimate of drug-likeness (QED) is 0.914. The molecule has 0 atom stereocenters. The molecule has 1 heterocycles. The number of nitriles is 1. The summed E-state index contributed by atoms with van der Waals surface area (Å²) in [5.74, 6) is 1.47. The maximum atomic E-state index is 8.92. The van der Waals surface area contributed by atoms with Gasteiger partial charge in [-0.1, -0.05) is 15.9 Å². The summed E-state index contributed by atoms with van der Waals surface area (Å²) in [6.45, 7) is 2.76. The van der Waals surface area contributed by atoms with Crippen molar-refractivity contribution in [3.8, 4) is 11.8 Å². The number of anilines is 1. The third kappa shape index (κ3) is 3.48. The minimum atomic E-state index is 0.182. The molecule has 1 aromatic heterocycles. The van der Waals surface area contributed by atoms with Crippen molar-refractivity contribution < 1.29 is 9.15 Å². The van der Waals surface area contributed by atoms with Crippen LogP contribution in [0.4, 0.5) is 5.88 Å². The van der Waals surface area contributed by atoms with Crippen LogP contribution in [0.15, 0.2) is 33.2 Å². The van der Waals surface area contributed by atoms with Crippen molar-refractivity contribution in [1.82, 2.24) is 4.98 Å². The molecule has 0 aliphatic heterocycles. The number of rotatable bonds is 5. The molecule has 0 amide bonds. The van der Waals surface area contributed by atoms with Gasteiger partial charge in [-0.2, -0.15) is 10.2 Å². The lowest BCUT2D eigenvalue weighted by Gasteiger charge is -2.03. The highest BCUT2D eigenvalue weighted by atomic mass is 79.9. The van der Waals surface area contributed by atoms with E-state index in [0.717, 1.165) is 4.47 Å². The van der Waals surface area contributed by atoms with E-state index in [1.165, 1.54) is 0 Å². The van der Waals surface area contributed by atoms with Gasteiger partial charge in [0.1, 0.15) is 11.8 Å². The van der Waals surface area contributed by atoms with Crippen LogP contribution in [0.25, 0.3) is 0 Å². The van der Waals surface area contributed by atoms with Gasteiger partial charge in [0.2, 0.25) is 17.5 Å². The molecule has 0 spiro atoms. The van der Waals surface area contributed by atoms with Gasteiger partial charge in [0.25, 0.3) is 0 Å². The summed E-state index contributed by atoms with van der Waals surface area (Å²) in [6, 6.07) is 9.42. The van der Waals surface area contributed by atoms with Crippen molar-refractivity contribution in [2.75, 3.05) is 11.9 Å². The second kappa shape index (κ2) is 6.25. The second-order valence-corrected chi connectivity index (χ2v) is 4.59. The Balaban J connectivity index is 2.03. The molecule has 0 aliphatic carbocycles. The van der Waals surface area contributed by atoms with E-state index in [0.29, 0.717) is 24.1 Å². The van der Waals surface area contributed by atoms with Crippen LogP contribution in [0, 0.1) is 11.3 Å². The minimum absolute atomic E-state index is 0.182. The van der Waals surface area contributed by atoms with Crippen LogP contribution < -0.4 is 10.1 Å². The number of nitrogens with one attached hydrogen (secondary N) is 1. The summed E-state index contributed by atoms with van der Waals surface area (Å²) in [5, 5.41) is 11.9. The predicted molar refractivity (Wildman–Crippen MR) is 73.9 cm³/mol. The highest BCUT2D eigenvalue weighted by Crippen LogP contribution is 2.20. The lowest BCUT2D eigenvalue weighted by Crippen LogP contribution is -1.96. The van der Waals surface area contributed by atoms with Crippen molar-refractivity contribution in [2.24, 2.45) is 0 Å². The molecule has 0 unspecified atom stereocenters. The average molecular weight is 322 g/mol. The second-order valence-electron chi connectivity index (χ2n) is 3.67. The van der Waals surface area contributed by atoms with Crippen molar-refractivity contribution in [3.63, 3.8) is 0 Å². The highest BCUT2D eigenvalue weighted by molar-refractivity contribution is 9.10. The molecule has 19 heavy (non-hydrogen) atoms. The smallest absolute Gasteiger partial charge is 0.236 e. The third-order valence-electron chi connectivity index (χ3n) is 2.29. The van der Waals surface area contributed by atoms with Gasteiger partial charge >= 0.3 is 0 Å². The van der Waals surface area contributed by atoms with Gasteiger partial charge in [-0.25, -0.2) is 0 Å². The Hall–Kier alpha value is -2.00. The number of ether oxygens (including phenoxy) is 1. The van der Waals surface area contributed by atoms with Gasteiger partial charge < -0.3 is 14.5 Å². The van der Waals surface area contributed by atoms with Crippen molar-refractivity contribution in [2.45, 2.75) is 13.5 Å². The summed E-state index contributed by atoms with van der Waals surface area (Å²) < 4.78 is 11.9. The summed E-state index contributed by atoms with van der Waals surface area (Å²) in [7, 11) is 0. The first-order valence-corrected chi connectivity index (χ1v) is 6.54. The van der Waals surface area contributed by atoms with Crippen molar-refractivity contribution >= 4 is 21.8 Å². The first-order valence-electron chi connectivity index (χ1n) is 5.75. The predicted octanol–water partition coefficient (Wildman–Crippen LogP) is 3.32. The number of aromatic nitrogens is 1. The molecule has 0 saturated heterocycles. The van der Waals surface area contributed by atoms with Crippen molar-refractivity contribution in [3.05, 3.63) is 40.3 Å². The molecular weight excluding hydrogens is 310 g/mol. The van der Waals surface area contributed by atoms with Gasteiger partial charge in [-0.15, -0.1) is 0 Å².